The van der Waals surface area contributed by atoms with Gasteiger partial charge < -0.3 is 26.8 Å². The van der Waals surface area contributed by atoms with Gasteiger partial charge in [-0.3, -0.25) is 9.59 Å². The number of carboxylic acids is 2. The second kappa shape index (κ2) is 9.76. The molecule has 7 nitrogen and oxygen atoms in total. The first kappa shape index (κ1) is 17.9. The maximum atomic E-state index is 10.4. The second-order valence-electron chi connectivity index (χ2n) is 4.10. The molecule has 0 aliphatic carbocycles. The van der Waals surface area contributed by atoms with Gasteiger partial charge in [-0.2, -0.15) is 0 Å². The van der Waals surface area contributed by atoms with Crippen molar-refractivity contribution in [3.63, 3.8) is 0 Å². The molecular formula is C13H20N2O5. The van der Waals surface area contributed by atoms with Crippen molar-refractivity contribution < 1.29 is 24.9 Å². The highest BCUT2D eigenvalue weighted by Gasteiger charge is 2.11. The van der Waals surface area contributed by atoms with Crippen molar-refractivity contribution in [3.8, 4) is 5.75 Å². The van der Waals surface area contributed by atoms with Crippen LogP contribution in [0.5, 0.6) is 5.75 Å². The van der Waals surface area contributed by atoms with Gasteiger partial charge in [0.15, 0.2) is 0 Å². The number of nitrogens with two attached hydrogens (primary N) is 2. The number of carbonyl (C=O) groups is 2. The van der Waals surface area contributed by atoms with E-state index in [1.165, 1.54) is 12.1 Å². The van der Waals surface area contributed by atoms with E-state index in [0.717, 1.165) is 5.56 Å². The van der Waals surface area contributed by atoms with E-state index >= 15 is 0 Å². The number of hydrogen-bond donors (Lipinski definition) is 5. The number of hydrogen-bond acceptors (Lipinski definition) is 5. The number of carboxylic acid groups (broad SMARTS) is 2. The largest absolute Gasteiger partial charge is 0.508 e. The third-order valence-electron chi connectivity index (χ3n) is 2.30. The number of rotatable bonds is 6. The minimum absolute atomic E-state index is 0.160. The third-order valence-corrected chi connectivity index (χ3v) is 2.30. The molecule has 1 atom stereocenters. The molecule has 1 unspecified atom stereocenters. The smallest absolute Gasteiger partial charge is 0.320 e. The molecule has 7 N–H and O–H groups in total. The normalized spacial score (nSPS) is 11.1. The SMILES string of the molecule is NC(Cc1ccc(O)cc1)C(=O)O.NCCCC(=O)O. The molecule has 1 aromatic carbocycles. The van der Waals surface area contributed by atoms with E-state index < -0.39 is 18.0 Å². The molecule has 0 amide bonds. The molecular weight excluding hydrogens is 264 g/mol. The average Bonchev–Trinajstić information content (AvgIpc) is 2.39. The molecule has 112 valence electrons. The van der Waals surface area contributed by atoms with Gasteiger partial charge >= 0.3 is 11.9 Å². The van der Waals surface area contributed by atoms with Crippen molar-refractivity contribution >= 4 is 11.9 Å². The van der Waals surface area contributed by atoms with Gasteiger partial charge in [-0.05, 0) is 37.1 Å². The van der Waals surface area contributed by atoms with Gasteiger partial charge in [0.2, 0.25) is 0 Å². The fourth-order valence-electron chi connectivity index (χ4n) is 1.23. The van der Waals surface area contributed by atoms with Crippen molar-refractivity contribution in [2.24, 2.45) is 11.5 Å². The monoisotopic (exact) mass is 284 g/mol. The number of aliphatic carboxylic acids is 2. The Kier molecular flexibility index (Phi) is 8.73. The summed E-state index contributed by atoms with van der Waals surface area (Å²) in [6, 6.07) is 5.42. The zero-order valence-corrected chi connectivity index (χ0v) is 11.0. The van der Waals surface area contributed by atoms with E-state index in [1.807, 2.05) is 0 Å². The molecule has 0 aliphatic heterocycles. The van der Waals surface area contributed by atoms with Crippen LogP contribution < -0.4 is 11.5 Å². The van der Waals surface area contributed by atoms with Gasteiger partial charge in [-0.15, -0.1) is 0 Å². The third kappa shape index (κ3) is 8.90. The summed E-state index contributed by atoms with van der Waals surface area (Å²) in [5.74, 6) is -1.63. The van der Waals surface area contributed by atoms with Gasteiger partial charge in [0, 0.05) is 6.42 Å². The summed E-state index contributed by atoms with van der Waals surface area (Å²) in [7, 11) is 0. The quantitative estimate of drug-likeness (QED) is 0.499. The molecule has 0 aromatic heterocycles. The molecule has 0 saturated carbocycles. The highest BCUT2D eigenvalue weighted by Crippen LogP contribution is 2.10. The molecule has 0 heterocycles. The summed E-state index contributed by atoms with van der Waals surface area (Å²) in [6.07, 6.45) is 1.04. The molecule has 20 heavy (non-hydrogen) atoms. The summed E-state index contributed by atoms with van der Waals surface area (Å²) in [5, 5.41) is 25.5. The van der Waals surface area contributed by atoms with Crippen LogP contribution in [0, 0.1) is 0 Å². The number of phenolic OH excluding ortho intramolecular Hbond substituents is 1. The van der Waals surface area contributed by atoms with Crippen molar-refractivity contribution in [1.82, 2.24) is 0 Å². The van der Waals surface area contributed by atoms with Crippen LogP contribution in [0.3, 0.4) is 0 Å². The first-order valence-electron chi connectivity index (χ1n) is 6.05. The maximum absolute atomic E-state index is 10.4. The minimum atomic E-state index is -1.02. The zero-order valence-electron chi connectivity index (χ0n) is 11.0. The molecule has 0 saturated heterocycles. The Bertz CT molecular complexity index is 419. The van der Waals surface area contributed by atoms with Gasteiger partial charge in [-0.1, -0.05) is 12.1 Å². The maximum Gasteiger partial charge on any atom is 0.320 e. The van der Waals surface area contributed by atoms with E-state index in [-0.39, 0.29) is 18.6 Å². The van der Waals surface area contributed by atoms with Crippen LogP contribution in [0.4, 0.5) is 0 Å². The van der Waals surface area contributed by atoms with Crippen molar-refractivity contribution in [2.45, 2.75) is 25.3 Å². The molecule has 0 spiro atoms. The van der Waals surface area contributed by atoms with E-state index in [0.29, 0.717) is 13.0 Å². The van der Waals surface area contributed by atoms with Crippen molar-refractivity contribution in [1.29, 1.82) is 0 Å². The van der Waals surface area contributed by atoms with Crippen molar-refractivity contribution in [2.75, 3.05) is 6.54 Å². The van der Waals surface area contributed by atoms with Gasteiger partial charge in [0.1, 0.15) is 11.8 Å². The Hall–Kier alpha value is -2.12. The Labute approximate surface area is 116 Å². The Morgan fingerprint density at radius 2 is 1.70 bits per heavy atom. The average molecular weight is 284 g/mol. The molecule has 0 radical (unpaired) electrons. The van der Waals surface area contributed by atoms with Crippen LogP contribution >= 0.6 is 0 Å². The summed E-state index contributed by atoms with van der Waals surface area (Å²) in [5.41, 5.74) is 11.1. The highest BCUT2D eigenvalue weighted by atomic mass is 16.4. The molecule has 0 aliphatic rings. The van der Waals surface area contributed by atoms with Crippen LogP contribution in [0.25, 0.3) is 0 Å². The number of benzene rings is 1. The summed E-state index contributed by atoms with van der Waals surface area (Å²) >= 11 is 0. The van der Waals surface area contributed by atoms with Gasteiger partial charge in [0.05, 0.1) is 0 Å². The lowest BCUT2D eigenvalue weighted by Gasteiger charge is -2.05. The lowest BCUT2D eigenvalue weighted by Crippen LogP contribution is -2.32. The summed E-state index contributed by atoms with van der Waals surface area (Å²) in [6.45, 7) is 0.465. The van der Waals surface area contributed by atoms with Crippen LogP contribution in [0.1, 0.15) is 18.4 Å². The molecule has 1 aromatic rings. The van der Waals surface area contributed by atoms with Gasteiger partial charge in [0.25, 0.3) is 0 Å². The number of aromatic hydroxyl groups is 1. The molecule has 0 fully saturated rings. The second-order valence-corrected chi connectivity index (χ2v) is 4.10. The Morgan fingerprint density at radius 1 is 1.15 bits per heavy atom. The summed E-state index contributed by atoms with van der Waals surface area (Å²) in [4.78, 5) is 20.1. The first-order valence-corrected chi connectivity index (χ1v) is 6.05. The lowest BCUT2D eigenvalue weighted by atomic mass is 10.1. The van der Waals surface area contributed by atoms with Crippen LogP contribution in [0.2, 0.25) is 0 Å². The van der Waals surface area contributed by atoms with E-state index in [2.05, 4.69) is 0 Å². The zero-order chi connectivity index (χ0) is 15.5. The Morgan fingerprint density at radius 3 is 2.05 bits per heavy atom. The topological polar surface area (TPSA) is 147 Å². The lowest BCUT2D eigenvalue weighted by molar-refractivity contribution is -0.139. The van der Waals surface area contributed by atoms with E-state index in [9.17, 15) is 9.59 Å². The first-order chi connectivity index (χ1) is 9.36. The minimum Gasteiger partial charge on any atom is -0.508 e. The van der Waals surface area contributed by atoms with Crippen LogP contribution in [0.15, 0.2) is 24.3 Å². The fraction of sp³-hybridized carbons (Fsp3) is 0.385. The van der Waals surface area contributed by atoms with Crippen molar-refractivity contribution in [3.05, 3.63) is 29.8 Å². The molecule has 0 bridgehead atoms. The Balaban J connectivity index is 0.000000441. The highest BCUT2D eigenvalue weighted by molar-refractivity contribution is 5.73. The fourth-order valence-corrected chi connectivity index (χ4v) is 1.23. The van der Waals surface area contributed by atoms with E-state index in [1.54, 1.807) is 12.1 Å². The molecule has 7 heteroatoms. The molecule has 1 rings (SSSR count). The summed E-state index contributed by atoms with van der Waals surface area (Å²) < 4.78 is 0. The van der Waals surface area contributed by atoms with Crippen LogP contribution in [-0.2, 0) is 16.0 Å². The van der Waals surface area contributed by atoms with E-state index in [4.69, 9.17) is 26.8 Å². The predicted octanol–water partition coefficient (Wildman–Crippen LogP) is 0.156. The predicted molar refractivity (Wildman–Crippen MR) is 73.3 cm³/mol. The van der Waals surface area contributed by atoms with Gasteiger partial charge in [-0.25, -0.2) is 0 Å². The standard InChI is InChI=1S/C9H11NO3.C4H9NO2/c10-8(9(12)13)5-6-1-3-7(11)4-2-6;5-3-1-2-4(6)7/h1-4,8,11H,5,10H2,(H,12,13);1-3,5H2,(H,6,7). The van der Waals surface area contributed by atoms with Crippen LogP contribution in [-0.4, -0.2) is 39.8 Å². The number of phenols is 1.